The third-order valence-electron chi connectivity index (χ3n) is 4.39. The number of benzene rings is 1. The Balaban J connectivity index is 2.25. The van der Waals surface area contributed by atoms with E-state index in [9.17, 15) is 5.39 Å². The van der Waals surface area contributed by atoms with Gasteiger partial charge in [0.25, 0.3) is 0 Å². The molecule has 144 valence electrons. The topological polar surface area (TPSA) is 59.1 Å². The zero-order chi connectivity index (χ0) is 18.9. The van der Waals surface area contributed by atoms with Crippen LogP contribution in [0.25, 0.3) is 4.98 Å². The van der Waals surface area contributed by atoms with E-state index in [1.165, 1.54) is 0 Å². The third-order valence-corrected chi connectivity index (χ3v) is 4.39. The van der Waals surface area contributed by atoms with Crippen LogP contribution < -0.4 is 14.4 Å². The summed E-state index contributed by atoms with van der Waals surface area (Å²) in [5.74, 6) is 2.45. The molecule has 6 nitrogen and oxygen atoms in total. The van der Waals surface area contributed by atoms with E-state index in [2.05, 4.69) is 37.6 Å². The zero-order valence-corrected chi connectivity index (χ0v) is 16.5. The third kappa shape index (κ3) is 6.06. The number of diazo groups is 1. The molecule has 0 unspecified atom stereocenters. The Morgan fingerprint density at radius 2 is 1.65 bits per heavy atom. The van der Waals surface area contributed by atoms with Crippen molar-refractivity contribution in [3.63, 3.8) is 0 Å². The number of ether oxygens (including phenoxy) is 3. The van der Waals surface area contributed by atoms with Crippen LogP contribution in [0.3, 0.4) is 0 Å². The molecule has 0 aromatic heterocycles. The summed E-state index contributed by atoms with van der Waals surface area (Å²) in [7, 11) is 0. The van der Waals surface area contributed by atoms with Gasteiger partial charge in [0.05, 0.1) is 38.2 Å². The molecular weight excluding hydrogens is 330 g/mol. The van der Waals surface area contributed by atoms with Gasteiger partial charge >= 0.3 is 5.69 Å². The molecule has 0 bridgehead atoms. The van der Waals surface area contributed by atoms with Gasteiger partial charge in [-0.3, -0.25) is 0 Å². The van der Waals surface area contributed by atoms with Gasteiger partial charge in [0.2, 0.25) is 11.1 Å². The molecule has 1 aliphatic heterocycles. The molecule has 1 aliphatic rings. The molecule has 2 rings (SSSR count). The van der Waals surface area contributed by atoms with Gasteiger partial charge < -0.3 is 19.1 Å². The lowest BCUT2D eigenvalue weighted by Gasteiger charge is -2.30. The van der Waals surface area contributed by atoms with Crippen molar-refractivity contribution < 1.29 is 14.2 Å². The number of nitrogens with zero attached hydrogens (tertiary/aromatic N) is 3. The second-order valence-corrected chi connectivity index (χ2v) is 7.55. The van der Waals surface area contributed by atoms with Crippen LogP contribution in [0, 0.1) is 17.2 Å². The summed E-state index contributed by atoms with van der Waals surface area (Å²) in [5.41, 5.74) is 1.32. The van der Waals surface area contributed by atoms with Gasteiger partial charge in [-0.15, -0.1) is 0 Å². The number of hydrogen-bond acceptors (Lipinski definition) is 5. The normalized spacial score (nSPS) is 14.6. The molecule has 0 aliphatic carbocycles. The highest BCUT2D eigenvalue weighted by molar-refractivity contribution is 5.75. The first-order chi connectivity index (χ1) is 12.5. The van der Waals surface area contributed by atoms with Crippen molar-refractivity contribution in [1.82, 2.24) is 0 Å². The standard InChI is InChI=1S/C20H32N3O3/c1-15(2)5-9-25-17-13-18(22-21)20(26-10-6-16(3)4)19(14-17)23-7-11-24-12-8-23/h13-16H,5-12H2,1-4H3/q+1. The van der Waals surface area contributed by atoms with Gasteiger partial charge in [0.1, 0.15) is 5.75 Å². The van der Waals surface area contributed by atoms with E-state index in [0.717, 1.165) is 31.6 Å². The summed E-state index contributed by atoms with van der Waals surface area (Å²) in [6.45, 7) is 12.8. The molecule has 0 amide bonds. The number of anilines is 1. The molecule has 0 N–H and O–H groups in total. The SMILES string of the molecule is CC(C)CCOc1cc([N+]#N)c(OCCC(C)C)c(N2CCOCC2)c1. The number of hydrogen-bond donors (Lipinski definition) is 0. The average molecular weight is 362 g/mol. The molecule has 1 heterocycles. The first kappa shape index (κ1) is 20.3. The predicted octanol–water partition coefficient (Wildman–Crippen LogP) is 4.86. The lowest BCUT2D eigenvalue weighted by Crippen LogP contribution is -2.36. The summed E-state index contributed by atoms with van der Waals surface area (Å²) in [6, 6.07) is 3.74. The number of morpholine rings is 1. The van der Waals surface area contributed by atoms with Crippen LogP contribution in [0.1, 0.15) is 40.5 Å². The van der Waals surface area contributed by atoms with Gasteiger partial charge in [-0.2, -0.15) is 0 Å². The van der Waals surface area contributed by atoms with Crippen LogP contribution in [-0.2, 0) is 4.74 Å². The van der Waals surface area contributed by atoms with E-state index in [-0.39, 0.29) is 0 Å². The highest BCUT2D eigenvalue weighted by Gasteiger charge is 2.27. The summed E-state index contributed by atoms with van der Waals surface area (Å²) in [6.07, 6.45) is 1.92. The maximum atomic E-state index is 9.53. The summed E-state index contributed by atoms with van der Waals surface area (Å²) in [4.78, 5) is 5.67. The lowest BCUT2D eigenvalue weighted by atomic mass is 10.1. The minimum absolute atomic E-state index is 0.414. The predicted molar refractivity (Wildman–Crippen MR) is 104 cm³/mol. The molecule has 6 heteroatoms. The molecule has 0 spiro atoms. The maximum absolute atomic E-state index is 9.53. The Hall–Kier alpha value is -2.00. The van der Waals surface area contributed by atoms with Crippen molar-refractivity contribution in [2.75, 3.05) is 44.4 Å². The van der Waals surface area contributed by atoms with E-state index in [1.807, 2.05) is 6.07 Å². The van der Waals surface area contributed by atoms with Gasteiger partial charge in [0, 0.05) is 19.2 Å². The zero-order valence-electron chi connectivity index (χ0n) is 16.5. The maximum Gasteiger partial charge on any atom is 0.432 e. The fourth-order valence-corrected chi connectivity index (χ4v) is 2.73. The summed E-state index contributed by atoms with van der Waals surface area (Å²) >= 11 is 0. The van der Waals surface area contributed by atoms with E-state index < -0.39 is 0 Å². The van der Waals surface area contributed by atoms with E-state index in [4.69, 9.17) is 14.2 Å². The highest BCUT2D eigenvalue weighted by Crippen LogP contribution is 2.42. The number of rotatable bonds is 9. The van der Waals surface area contributed by atoms with Gasteiger partial charge in [-0.05, 0) is 24.7 Å². The molecule has 1 aromatic carbocycles. The van der Waals surface area contributed by atoms with Crippen LogP contribution in [-0.4, -0.2) is 39.5 Å². The van der Waals surface area contributed by atoms with Crippen molar-refractivity contribution in [3.8, 4) is 11.5 Å². The van der Waals surface area contributed by atoms with Crippen LogP contribution in [0.4, 0.5) is 11.4 Å². The van der Waals surface area contributed by atoms with Crippen molar-refractivity contribution >= 4 is 11.4 Å². The monoisotopic (exact) mass is 362 g/mol. The van der Waals surface area contributed by atoms with Gasteiger partial charge in [0.15, 0.2) is 4.98 Å². The van der Waals surface area contributed by atoms with Crippen LogP contribution >= 0.6 is 0 Å². The fourth-order valence-electron chi connectivity index (χ4n) is 2.73. The van der Waals surface area contributed by atoms with Crippen molar-refractivity contribution in [3.05, 3.63) is 17.1 Å². The molecule has 1 aromatic rings. The molecule has 0 radical (unpaired) electrons. The van der Waals surface area contributed by atoms with Crippen LogP contribution in [0.15, 0.2) is 12.1 Å². The molecule has 0 saturated carbocycles. The molecule has 1 saturated heterocycles. The first-order valence-corrected chi connectivity index (χ1v) is 9.62. The van der Waals surface area contributed by atoms with Crippen molar-refractivity contribution in [2.24, 2.45) is 11.8 Å². The second kappa shape index (κ2) is 10.2. The molecule has 1 fully saturated rings. The summed E-state index contributed by atoms with van der Waals surface area (Å²) < 4.78 is 17.4. The van der Waals surface area contributed by atoms with Gasteiger partial charge in [-0.1, -0.05) is 27.7 Å². The fraction of sp³-hybridized carbons (Fsp3) is 0.700. The Labute approximate surface area is 157 Å². The van der Waals surface area contributed by atoms with Crippen molar-refractivity contribution in [2.45, 2.75) is 40.5 Å². The molecule has 26 heavy (non-hydrogen) atoms. The average Bonchev–Trinajstić information content (AvgIpc) is 2.62. The highest BCUT2D eigenvalue weighted by atomic mass is 16.5. The van der Waals surface area contributed by atoms with E-state index in [0.29, 0.717) is 55.4 Å². The van der Waals surface area contributed by atoms with Crippen molar-refractivity contribution in [1.29, 1.82) is 5.39 Å². The van der Waals surface area contributed by atoms with Crippen LogP contribution in [0.5, 0.6) is 11.5 Å². The molecule has 0 atom stereocenters. The first-order valence-electron chi connectivity index (χ1n) is 9.62. The largest absolute Gasteiger partial charge is 0.493 e. The quantitative estimate of drug-likeness (QED) is 0.587. The smallest absolute Gasteiger partial charge is 0.432 e. The Bertz CT molecular complexity index is 605. The Morgan fingerprint density at radius 1 is 1.04 bits per heavy atom. The van der Waals surface area contributed by atoms with E-state index >= 15 is 0 Å². The second-order valence-electron chi connectivity index (χ2n) is 7.55. The Morgan fingerprint density at radius 3 is 2.23 bits per heavy atom. The minimum atomic E-state index is 0.414. The Kier molecular flexibility index (Phi) is 7.99. The minimum Gasteiger partial charge on any atom is -0.493 e. The lowest BCUT2D eigenvalue weighted by molar-refractivity contribution is 0.122. The summed E-state index contributed by atoms with van der Waals surface area (Å²) in [5, 5.41) is 9.53. The van der Waals surface area contributed by atoms with E-state index in [1.54, 1.807) is 6.07 Å². The van der Waals surface area contributed by atoms with Gasteiger partial charge in [-0.25, -0.2) is 0 Å². The van der Waals surface area contributed by atoms with Crippen LogP contribution in [0.2, 0.25) is 0 Å². The molecular formula is C20H32N3O3+.